The Morgan fingerprint density at radius 3 is 2.15 bits per heavy atom. The van der Waals surface area contributed by atoms with E-state index in [2.05, 4.69) is 48.9 Å². The van der Waals surface area contributed by atoms with Gasteiger partial charge in [-0.3, -0.25) is 0 Å². The van der Waals surface area contributed by atoms with Gasteiger partial charge < -0.3 is 4.74 Å². The summed E-state index contributed by atoms with van der Waals surface area (Å²) in [4.78, 5) is 9.17. The van der Waals surface area contributed by atoms with Crippen molar-refractivity contribution >= 4 is 0 Å². The number of benzene rings is 1. The van der Waals surface area contributed by atoms with Gasteiger partial charge in [0.2, 0.25) is 0 Å². The fourth-order valence-corrected chi connectivity index (χ4v) is 5.32. The van der Waals surface area contributed by atoms with Crippen molar-refractivity contribution in [2.24, 2.45) is 11.8 Å². The van der Waals surface area contributed by atoms with Crippen LogP contribution in [-0.2, 0) is 6.42 Å². The van der Waals surface area contributed by atoms with Gasteiger partial charge in [0.1, 0.15) is 0 Å². The number of unbranched alkanes of at least 4 members (excludes halogenated alkanes) is 5. The summed E-state index contributed by atoms with van der Waals surface area (Å²) in [5.74, 6) is 3.49. The molecule has 0 saturated heterocycles. The Balaban J connectivity index is 1.42. The van der Waals surface area contributed by atoms with Crippen LogP contribution in [0.5, 0.6) is 5.75 Å². The topological polar surface area (TPSA) is 35.0 Å². The van der Waals surface area contributed by atoms with Crippen LogP contribution in [0.1, 0.15) is 108 Å². The predicted octanol–water partition coefficient (Wildman–Crippen LogP) is 8.73. The van der Waals surface area contributed by atoms with Gasteiger partial charge in [0.15, 0.2) is 11.6 Å². The van der Waals surface area contributed by atoms with E-state index in [1.165, 1.54) is 94.6 Å². The van der Waals surface area contributed by atoms with Crippen LogP contribution in [0.4, 0.5) is 0 Å². The molecule has 1 aliphatic rings. The van der Waals surface area contributed by atoms with Gasteiger partial charge in [0, 0.05) is 5.56 Å². The summed E-state index contributed by atoms with van der Waals surface area (Å²) in [5.41, 5.74) is 3.84. The first-order valence-corrected chi connectivity index (χ1v) is 13.7. The summed E-state index contributed by atoms with van der Waals surface area (Å²) in [6.45, 7) is 7.51. The minimum absolute atomic E-state index is 0.753. The highest BCUT2D eigenvalue weighted by Crippen LogP contribution is 2.34. The van der Waals surface area contributed by atoms with Crippen LogP contribution in [0.3, 0.4) is 0 Å². The third-order valence-corrected chi connectivity index (χ3v) is 7.43. The maximum absolute atomic E-state index is 5.84. The molecule has 0 N–H and O–H groups in total. The summed E-state index contributed by atoms with van der Waals surface area (Å²) >= 11 is 0. The second-order valence-corrected chi connectivity index (χ2v) is 10.2. The Bertz CT molecular complexity index is 793. The third-order valence-electron chi connectivity index (χ3n) is 7.43. The van der Waals surface area contributed by atoms with Gasteiger partial charge in [-0.05, 0) is 49.1 Å². The highest BCUT2D eigenvalue weighted by atomic mass is 16.5. The zero-order chi connectivity index (χ0) is 23.3. The molecule has 2 aromatic rings. The van der Waals surface area contributed by atoms with Gasteiger partial charge in [-0.2, -0.15) is 0 Å². The first kappa shape index (κ1) is 25.7. The second kappa shape index (κ2) is 14.4. The molecule has 0 spiro atoms. The highest BCUT2D eigenvalue weighted by molar-refractivity contribution is 5.60. The number of hydrogen-bond donors (Lipinski definition) is 0. The van der Waals surface area contributed by atoms with E-state index in [9.17, 15) is 0 Å². The Morgan fingerprint density at radius 2 is 1.48 bits per heavy atom. The minimum atomic E-state index is 0.753. The molecule has 1 fully saturated rings. The molecular formula is C30H46N2O. The molecule has 1 aromatic heterocycles. The lowest BCUT2D eigenvalue weighted by Crippen LogP contribution is -2.15. The molecule has 182 valence electrons. The van der Waals surface area contributed by atoms with Crippen LogP contribution in [-0.4, -0.2) is 16.6 Å². The number of hydrogen-bond acceptors (Lipinski definition) is 3. The lowest BCUT2D eigenvalue weighted by atomic mass is 9.78. The summed E-state index contributed by atoms with van der Waals surface area (Å²) in [7, 11) is 0. The smallest absolute Gasteiger partial charge is 0.159 e. The van der Waals surface area contributed by atoms with Crippen LogP contribution in [0.25, 0.3) is 11.4 Å². The predicted molar refractivity (Wildman–Crippen MR) is 140 cm³/mol. The largest absolute Gasteiger partial charge is 0.490 e. The lowest BCUT2D eigenvalue weighted by molar-refractivity contribution is 0.252. The van der Waals surface area contributed by atoms with E-state index in [1.807, 2.05) is 12.4 Å². The SMILES string of the molecule is CCCCCCCCOc1cnc(-c2ccc(CCC3CCC(CCC)CC3)cc2C)nc1. The van der Waals surface area contributed by atoms with Crippen molar-refractivity contribution in [3.63, 3.8) is 0 Å². The number of nitrogens with zero attached hydrogens (tertiary/aromatic N) is 2. The Morgan fingerprint density at radius 1 is 0.818 bits per heavy atom. The van der Waals surface area contributed by atoms with Crippen molar-refractivity contribution in [3.8, 4) is 17.1 Å². The van der Waals surface area contributed by atoms with Crippen molar-refractivity contribution in [3.05, 3.63) is 41.7 Å². The fourth-order valence-electron chi connectivity index (χ4n) is 5.32. The molecule has 3 rings (SSSR count). The number of rotatable bonds is 14. The van der Waals surface area contributed by atoms with E-state index >= 15 is 0 Å². The van der Waals surface area contributed by atoms with Crippen molar-refractivity contribution in [2.45, 2.75) is 111 Å². The van der Waals surface area contributed by atoms with Crippen LogP contribution >= 0.6 is 0 Å². The molecule has 0 atom stereocenters. The molecule has 1 aliphatic carbocycles. The van der Waals surface area contributed by atoms with Gasteiger partial charge in [-0.25, -0.2) is 9.97 Å². The average Bonchev–Trinajstić information content (AvgIpc) is 2.84. The zero-order valence-electron chi connectivity index (χ0n) is 21.5. The molecule has 0 aliphatic heterocycles. The molecule has 1 heterocycles. The number of ether oxygens (including phenoxy) is 1. The molecule has 0 radical (unpaired) electrons. The summed E-state index contributed by atoms with van der Waals surface area (Å²) < 4.78 is 5.84. The molecule has 1 aromatic carbocycles. The summed E-state index contributed by atoms with van der Waals surface area (Å²) in [5, 5.41) is 0. The van der Waals surface area contributed by atoms with Gasteiger partial charge in [0.25, 0.3) is 0 Å². The average molecular weight is 451 g/mol. The normalized spacial score (nSPS) is 18.4. The van der Waals surface area contributed by atoms with Gasteiger partial charge in [-0.1, -0.05) is 103 Å². The lowest BCUT2D eigenvalue weighted by Gasteiger charge is -2.28. The molecule has 0 amide bonds. The van der Waals surface area contributed by atoms with E-state index in [1.54, 1.807) is 0 Å². The van der Waals surface area contributed by atoms with E-state index in [0.29, 0.717) is 0 Å². The van der Waals surface area contributed by atoms with Gasteiger partial charge in [-0.15, -0.1) is 0 Å². The summed E-state index contributed by atoms with van der Waals surface area (Å²) in [6, 6.07) is 6.82. The molecular weight excluding hydrogens is 404 g/mol. The Kier molecular flexibility index (Phi) is 11.2. The molecule has 3 nitrogen and oxygen atoms in total. The first-order valence-electron chi connectivity index (χ1n) is 13.7. The zero-order valence-corrected chi connectivity index (χ0v) is 21.5. The van der Waals surface area contributed by atoms with E-state index < -0.39 is 0 Å². The van der Waals surface area contributed by atoms with E-state index in [-0.39, 0.29) is 0 Å². The van der Waals surface area contributed by atoms with Crippen LogP contribution in [0.2, 0.25) is 0 Å². The maximum Gasteiger partial charge on any atom is 0.159 e. The van der Waals surface area contributed by atoms with Crippen molar-refractivity contribution in [1.82, 2.24) is 9.97 Å². The molecule has 33 heavy (non-hydrogen) atoms. The van der Waals surface area contributed by atoms with Crippen molar-refractivity contribution in [2.75, 3.05) is 6.61 Å². The first-order chi connectivity index (χ1) is 16.2. The van der Waals surface area contributed by atoms with Crippen molar-refractivity contribution in [1.29, 1.82) is 0 Å². The monoisotopic (exact) mass is 450 g/mol. The third kappa shape index (κ3) is 8.76. The number of aromatic nitrogens is 2. The van der Waals surface area contributed by atoms with Crippen LogP contribution < -0.4 is 4.74 Å². The van der Waals surface area contributed by atoms with E-state index in [0.717, 1.165) is 42.0 Å². The Hall–Kier alpha value is -1.90. The number of aryl methyl sites for hydroxylation is 2. The van der Waals surface area contributed by atoms with Gasteiger partial charge >= 0.3 is 0 Å². The molecule has 1 saturated carbocycles. The molecule has 3 heteroatoms. The maximum atomic E-state index is 5.84. The fraction of sp³-hybridized carbons (Fsp3) is 0.667. The summed E-state index contributed by atoms with van der Waals surface area (Å²) in [6.07, 6.45) is 22.3. The molecule has 0 unspecified atom stereocenters. The second-order valence-electron chi connectivity index (χ2n) is 10.2. The van der Waals surface area contributed by atoms with Gasteiger partial charge in [0.05, 0.1) is 19.0 Å². The molecule has 0 bridgehead atoms. The Labute approximate surface area is 202 Å². The van der Waals surface area contributed by atoms with Crippen molar-refractivity contribution < 1.29 is 4.74 Å². The minimum Gasteiger partial charge on any atom is -0.490 e. The van der Waals surface area contributed by atoms with E-state index in [4.69, 9.17) is 4.74 Å². The standard InChI is InChI=1S/C30H46N2O/c1-4-6-7-8-9-10-20-33-28-22-31-30(32-23-28)29-19-18-27(21-24(29)3)17-16-26-14-12-25(11-5-2)13-15-26/h18-19,21-23,25-26H,4-17,20H2,1-3H3. The van der Waals surface area contributed by atoms with Crippen LogP contribution in [0.15, 0.2) is 30.6 Å². The van der Waals surface area contributed by atoms with Crippen LogP contribution in [0, 0.1) is 18.8 Å². The quantitative estimate of drug-likeness (QED) is 0.270. The highest BCUT2D eigenvalue weighted by Gasteiger charge is 2.20.